The zero-order valence-electron chi connectivity index (χ0n) is 9.29. The minimum atomic E-state index is -3.91. The first kappa shape index (κ1) is 14.0. The molecular weight excluding hydrogens is 260 g/mol. The van der Waals surface area contributed by atoms with Crippen LogP contribution < -0.4 is 10.5 Å². The quantitative estimate of drug-likeness (QED) is 0.646. The van der Waals surface area contributed by atoms with Gasteiger partial charge in [-0.25, -0.2) is 8.42 Å². The van der Waals surface area contributed by atoms with Gasteiger partial charge in [-0.2, -0.15) is 0 Å². The van der Waals surface area contributed by atoms with Crippen molar-refractivity contribution >= 4 is 27.6 Å². The summed E-state index contributed by atoms with van der Waals surface area (Å²) in [6.45, 7) is 0. The van der Waals surface area contributed by atoms with E-state index in [4.69, 9.17) is 10.8 Å². The van der Waals surface area contributed by atoms with Crippen molar-refractivity contribution in [3.05, 3.63) is 29.8 Å². The average Bonchev–Trinajstić information content (AvgIpc) is 2.17. The zero-order valence-corrected chi connectivity index (χ0v) is 10.1. The highest BCUT2D eigenvalue weighted by Gasteiger charge is 2.15. The molecule has 0 aromatic heterocycles. The molecule has 0 radical (unpaired) electrons. The van der Waals surface area contributed by atoms with Crippen molar-refractivity contribution in [1.29, 1.82) is 0 Å². The van der Waals surface area contributed by atoms with Crippen LogP contribution in [0.4, 0.5) is 5.69 Å². The first-order valence-corrected chi connectivity index (χ1v) is 6.53. The normalized spacial score (nSPS) is 10.9. The lowest BCUT2D eigenvalue weighted by Crippen LogP contribution is -2.22. The van der Waals surface area contributed by atoms with E-state index in [0.717, 1.165) is 0 Å². The third kappa shape index (κ3) is 4.83. The molecule has 0 unspecified atom stereocenters. The van der Waals surface area contributed by atoms with Gasteiger partial charge in [-0.1, -0.05) is 12.1 Å². The third-order valence-corrected chi connectivity index (χ3v) is 3.09. The number of nitrogens with one attached hydrogen (secondary N) is 1. The van der Waals surface area contributed by atoms with Crippen LogP contribution in [0, 0.1) is 0 Å². The van der Waals surface area contributed by atoms with Gasteiger partial charge >= 0.3 is 5.97 Å². The highest BCUT2D eigenvalue weighted by Crippen LogP contribution is 2.11. The second kappa shape index (κ2) is 5.50. The van der Waals surface area contributed by atoms with Gasteiger partial charge in [0.05, 0.1) is 6.42 Å². The lowest BCUT2D eigenvalue weighted by molar-refractivity contribution is -0.134. The van der Waals surface area contributed by atoms with Gasteiger partial charge < -0.3 is 10.8 Å². The largest absolute Gasteiger partial charge is 0.480 e. The highest BCUT2D eigenvalue weighted by molar-refractivity contribution is 7.93. The summed E-state index contributed by atoms with van der Waals surface area (Å²) in [5.74, 6) is -2.93. The van der Waals surface area contributed by atoms with Crippen LogP contribution in [0.25, 0.3) is 0 Å². The number of carbonyl (C=O) groups excluding carboxylic acids is 1. The molecule has 0 aliphatic rings. The number of carboxylic acid groups (broad SMARTS) is 1. The number of carbonyl (C=O) groups is 2. The fraction of sp³-hybridized carbons (Fsp3) is 0.200. The van der Waals surface area contributed by atoms with Gasteiger partial charge in [-0.3, -0.25) is 14.3 Å². The van der Waals surface area contributed by atoms with Crippen LogP contribution in [0.15, 0.2) is 24.3 Å². The molecule has 4 N–H and O–H groups in total. The van der Waals surface area contributed by atoms with E-state index in [1.165, 1.54) is 24.3 Å². The molecule has 0 spiro atoms. The molecule has 0 atom stereocenters. The highest BCUT2D eigenvalue weighted by atomic mass is 32.2. The van der Waals surface area contributed by atoms with Crippen LogP contribution in [0.1, 0.15) is 5.56 Å². The summed E-state index contributed by atoms with van der Waals surface area (Å²) in [4.78, 5) is 21.0. The standard InChI is InChI=1S/C10H12N2O5S/c11-9(13)5-7-1-3-8(4-2-7)12-18(16,17)6-10(14)15/h1-4,12H,5-6H2,(H2,11,13)(H,14,15). The van der Waals surface area contributed by atoms with Gasteiger partial charge in [-0.15, -0.1) is 0 Å². The molecule has 0 aliphatic carbocycles. The van der Waals surface area contributed by atoms with Crippen LogP contribution in [-0.4, -0.2) is 31.2 Å². The number of nitrogens with two attached hydrogens (primary N) is 1. The molecular formula is C10H12N2O5S. The van der Waals surface area contributed by atoms with Gasteiger partial charge in [0.2, 0.25) is 15.9 Å². The van der Waals surface area contributed by atoms with Crippen LogP contribution >= 0.6 is 0 Å². The average molecular weight is 272 g/mol. The maximum absolute atomic E-state index is 11.3. The summed E-state index contributed by atoms with van der Waals surface area (Å²) in [5, 5.41) is 8.40. The van der Waals surface area contributed by atoms with Crippen LogP contribution in [0.3, 0.4) is 0 Å². The van der Waals surface area contributed by atoms with E-state index in [-0.39, 0.29) is 12.1 Å². The molecule has 7 nitrogen and oxygen atoms in total. The monoisotopic (exact) mass is 272 g/mol. The topological polar surface area (TPSA) is 127 Å². The summed E-state index contributed by atoms with van der Waals surface area (Å²) in [6, 6.07) is 5.92. The molecule has 0 aliphatic heterocycles. The molecule has 0 heterocycles. The first-order valence-electron chi connectivity index (χ1n) is 4.88. The number of sulfonamides is 1. The molecule has 0 bridgehead atoms. The van der Waals surface area contributed by atoms with Crippen molar-refractivity contribution in [3.8, 4) is 0 Å². The molecule has 18 heavy (non-hydrogen) atoms. The van der Waals surface area contributed by atoms with Gasteiger partial charge in [0.25, 0.3) is 0 Å². The van der Waals surface area contributed by atoms with Gasteiger partial charge in [0.1, 0.15) is 0 Å². The molecule has 1 aromatic rings. The molecule has 1 rings (SSSR count). The van der Waals surface area contributed by atoms with E-state index in [1.807, 2.05) is 0 Å². The first-order chi connectivity index (χ1) is 8.28. The smallest absolute Gasteiger partial charge is 0.320 e. The number of amides is 1. The summed E-state index contributed by atoms with van der Waals surface area (Å²) in [5.41, 5.74) is 5.87. The lowest BCUT2D eigenvalue weighted by Gasteiger charge is -2.06. The number of carboxylic acids is 1. The van der Waals surface area contributed by atoms with Crippen molar-refractivity contribution in [1.82, 2.24) is 0 Å². The Hall–Kier alpha value is -2.09. The fourth-order valence-electron chi connectivity index (χ4n) is 1.27. The Morgan fingerprint density at radius 2 is 1.78 bits per heavy atom. The zero-order chi connectivity index (χ0) is 13.8. The Balaban J connectivity index is 2.75. The van der Waals surface area contributed by atoms with Crippen LogP contribution in [-0.2, 0) is 26.0 Å². The predicted molar refractivity (Wildman–Crippen MR) is 64.4 cm³/mol. The van der Waals surface area contributed by atoms with E-state index < -0.39 is 27.7 Å². The minimum absolute atomic E-state index is 0.0577. The SMILES string of the molecule is NC(=O)Cc1ccc(NS(=O)(=O)CC(=O)O)cc1. The van der Waals surface area contributed by atoms with E-state index in [1.54, 1.807) is 0 Å². The van der Waals surface area contributed by atoms with Crippen molar-refractivity contribution in [2.24, 2.45) is 5.73 Å². The number of benzene rings is 1. The Morgan fingerprint density at radius 3 is 2.22 bits per heavy atom. The predicted octanol–water partition coefficient (Wildman–Crippen LogP) is -0.459. The number of hydrogen-bond donors (Lipinski definition) is 3. The molecule has 0 saturated carbocycles. The van der Waals surface area contributed by atoms with E-state index in [2.05, 4.69) is 4.72 Å². The van der Waals surface area contributed by atoms with E-state index >= 15 is 0 Å². The van der Waals surface area contributed by atoms with E-state index in [9.17, 15) is 18.0 Å². The molecule has 0 saturated heterocycles. The van der Waals surface area contributed by atoms with Crippen molar-refractivity contribution in [2.75, 3.05) is 10.5 Å². The fourth-order valence-corrected chi connectivity index (χ4v) is 2.16. The van der Waals surface area contributed by atoms with Gasteiger partial charge in [0, 0.05) is 5.69 Å². The van der Waals surface area contributed by atoms with Crippen LogP contribution in [0.2, 0.25) is 0 Å². The minimum Gasteiger partial charge on any atom is -0.480 e. The number of anilines is 1. The summed E-state index contributed by atoms with van der Waals surface area (Å²) in [6.07, 6.45) is 0.0577. The molecule has 98 valence electrons. The van der Waals surface area contributed by atoms with Crippen LogP contribution in [0.5, 0.6) is 0 Å². The summed E-state index contributed by atoms with van der Waals surface area (Å²) < 4.78 is 24.7. The van der Waals surface area contributed by atoms with Crippen molar-refractivity contribution in [2.45, 2.75) is 6.42 Å². The lowest BCUT2D eigenvalue weighted by atomic mass is 10.1. The molecule has 8 heteroatoms. The van der Waals surface area contributed by atoms with Gasteiger partial charge in [-0.05, 0) is 17.7 Å². The van der Waals surface area contributed by atoms with Crippen molar-refractivity contribution in [3.63, 3.8) is 0 Å². The number of aliphatic carboxylic acids is 1. The molecule has 0 fully saturated rings. The maximum Gasteiger partial charge on any atom is 0.320 e. The van der Waals surface area contributed by atoms with Crippen molar-refractivity contribution < 1.29 is 23.1 Å². The maximum atomic E-state index is 11.3. The van der Waals surface area contributed by atoms with Gasteiger partial charge in [0.15, 0.2) is 5.75 Å². The summed E-state index contributed by atoms with van der Waals surface area (Å²) in [7, 11) is -3.91. The number of hydrogen-bond acceptors (Lipinski definition) is 4. The molecule has 1 amide bonds. The number of primary amides is 1. The summed E-state index contributed by atoms with van der Waals surface area (Å²) >= 11 is 0. The Bertz CT molecular complexity index is 550. The second-order valence-corrected chi connectivity index (χ2v) is 5.32. The number of rotatable bonds is 6. The Morgan fingerprint density at radius 1 is 1.22 bits per heavy atom. The molecule has 1 aromatic carbocycles. The Labute approximate surface area is 104 Å². The third-order valence-electron chi connectivity index (χ3n) is 1.92. The second-order valence-electron chi connectivity index (χ2n) is 3.59. The van der Waals surface area contributed by atoms with E-state index in [0.29, 0.717) is 5.56 Å². The Kier molecular flexibility index (Phi) is 4.27.